The minimum atomic E-state index is -3.01. The van der Waals surface area contributed by atoms with Crippen molar-refractivity contribution in [1.82, 2.24) is 14.7 Å². The summed E-state index contributed by atoms with van der Waals surface area (Å²) in [4.78, 5) is 16.3. The summed E-state index contributed by atoms with van der Waals surface area (Å²) in [5, 5.41) is 2.80. The van der Waals surface area contributed by atoms with Crippen LogP contribution in [0.1, 0.15) is 12.1 Å². The van der Waals surface area contributed by atoms with E-state index in [1.165, 1.54) is 0 Å². The molecule has 0 aromatic carbocycles. The third-order valence-electron chi connectivity index (χ3n) is 3.70. The molecule has 1 aliphatic rings. The molecule has 2 aromatic heterocycles. The highest BCUT2D eigenvalue weighted by atomic mass is 32.2. The average Bonchev–Trinajstić information content (AvgIpc) is 3.01. The Bertz CT molecular complexity index is 734. The van der Waals surface area contributed by atoms with Gasteiger partial charge in [-0.2, -0.15) is 0 Å². The Morgan fingerprint density at radius 1 is 1.43 bits per heavy atom. The van der Waals surface area contributed by atoms with E-state index in [1.807, 2.05) is 35.0 Å². The first kappa shape index (κ1) is 14.1. The molecular weight excluding hydrogens is 290 g/mol. The second kappa shape index (κ2) is 5.48. The molecule has 2 aromatic rings. The Labute approximate surface area is 123 Å². The Morgan fingerprint density at radius 3 is 3.00 bits per heavy atom. The first-order valence-corrected chi connectivity index (χ1v) is 8.76. The van der Waals surface area contributed by atoms with Gasteiger partial charge in [0.15, 0.2) is 9.84 Å². The van der Waals surface area contributed by atoms with E-state index < -0.39 is 15.8 Å². The predicted octanol–water partition coefficient (Wildman–Crippen LogP) is 0.428. The second-order valence-corrected chi connectivity index (χ2v) is 7.57. The molecule has 0 spiro atoms. The van der Waals surface area contributed by atoms with Crippen LogP contribution in [0.4, 0.5) is 0 Å². The van der Waals surface area contributed by atoms with Crippen LogP contribution in [0, 0.1) is 5.92 Å². The van der Waals surface area contributed by atoms with Gasteiger partial charge in [-0.3, -0.25) is 4.79 Å². The van der Waals surface area contributed by atoms with Gasteiger partial charge in [-0.05, 0) is 18.6 Å². The second-order valence-electron chi connectivity index (χ2n) is 5.34. The molecule has 1 N–H and O–H groups in total. The number of fused-ring (bicyclic) bond motifs is 1. The summed E-state index contributed by atoms with van der Waals surface area (Å²) >= 11 is 0. The first-order chi connectivity index (χ1) is 10.0. The van der Waals surface area contributed by atoms with Crippen molar-refractivity contribution in [3.63, 3.8) is 0 Å². The molecule has 112 valence electrons. The van der Waals surface area contributed by atoms with Crippen LogP contribution in [0.15, 0.2) is 30.6 Å². The highest BCUT2D eigenvalue weighted by Crippen LogP contribution is 2.18. The monoisotopic (exact) mass is 307 g/mol. The standard InChI is InChI=1S/C14H17N3O3S/c18-14(11-5-8-21(19,20)10-11)15-6-4-12-9-17-7-2-1-3-13(17)16-12/h1-3,7,9,11H,4-6,8,10H2,(H,15,18)/t11-/m1/s1. The highest BCUT2D eigenvalue weighted by Gasteiger charge is 2.32. The van der Waals surface area contributed by atoms with E-state index in [9.17, 15) is 13.2 Å². The molecule has 0 unspecified atom stereocenters. The summed E-state index contributed by atoms with van der Waals surface area (Å²) in [6.45, 7) is 0.471. The fourth-order valence-corrected chi connectivity index (χ4v) is 4.31. The van der Waals surface area contributed by atoms with Gasteiger partial charge in [0.2, 0.25) is 5.91 Å². The number of nitrogens with one attached hydrogen (secondary N) is 1. The third kappa shape index (κ3) is 3.24. The molecule has 1 fully saturated rings. The lowest BCUT2D eigenvalue weighted by molar-refractivity contribution is -0.124. The van der Waals surface area contributed by atoms with Gasteiger partial charge in [-0.25, -0.2) is 13.4 Å². The maximum Gasteiger partial charge on any atom is 0.224 e. The molecular formula is C14H17N3O3S. The Morgan fingerprint density at radius 2 is 2.29 bits per heavy atom. The van der Waals surface area contributed by atoms with Crippen molar-refractivity contribution in [3.8, 4) is 0 Å². The molecule has 7 heteroatoms. The first-order valence-electron chi connectivity index (χ1n) is 6.94. The highest BCUT2D eigenvalue weighted by molar-refractivity contribution is 7.91. The fourth-order valence-electron chi connectivity index (χ4n) is 2.57. The predicted molar refractivity (Wildman–Crippen MR) is 78.7 cm³/mol. The number of carbonyl (C=O) groups excluding carboxylic acids is 1. The van der Waals surface area contributed by atoms with Crippen LogP contribution in [-0.2, 0) is 21.1 Å². The van der Waals surface area contributed by atoms with E-state index in [0.29, 0.717) is 19.4 Å². The normalized spacial score (nSPS) is 20.7. The summed E-state index contributed by atoms with van der Waals surface area (Å²) in [6.07, 6.45) is 4.92. The van der Waals surface area contributed by atoms with Crippen molar-refractivity contribution < 1.29 is 13.2 Å². The molecule has 3 rings (SSSR count). The maximum atomic E-state index is 11.9. The zero-order valence-corrected chi connectivity index (χ0v) is 12.3. The molecule has 1 atom stereocenters. The van der Waals surface area contributed by atoms with Crippen molar-refractivity contribution in [2.75, 3.05) is 18.1 Å². The average molecular weight is 307 g/mol. The topological polar surface area (TPSA) is 80.5 Å². The van der Waals surface area contributed by atoms with Crippen LogP contribution in [0.5, 0.6) is 0 Å². The number of rotatable bonds is 4. The summed E-state index contributed by atoms with van der Waals surface area (Å²) in [5.74, 6) is -0.457. The maximum absolute atomic E-state index is 11.9. The fraction of sp³-hybridized carbons (Fsp3) is 0.429. The molecule has 6 nitrogen and oxygen atoms in total. The Hall–Kier alpha value is -1.89. The zero-order valence-electron chi connectivity index (χ0n) is 11.5. The largest absolute Gasteiger partial charge is 0.355 e. The van der Waals surface area contributed by atoms with Gasteiger partial charge in [0, 0.05) is 25.4 Å². The number of hydrogen-bond donors (Lipinski definition) is 1. The van der Waals surface area contributed by atoms with Gasteiger partial charge < -0.3 is 9.72 Å². The minimum Gasteiger partial charge on any atom is -0.355 e. The van der Waals surface area contributed by atoms with E-state index in [1.54, 1.807) is 0 Å². The van der Waals surface area contributed by atoms with Gasteiger partial charge in [0.1, 0.15) is 5.65 Å². The number of nitrogens with zero attached hydrogens (tertiary/aromatic N) is 2. The van der Waals surface area contributed by atoms with Crippen molar-refractivity contribution in [3.05, 3.63) is 36.3 Å². The molecule has 0 aliphatic carbocycles. The lowest BCUT2D eigenvalue weighted by Crippen LogP contribution is -2.32. The van der Waals surface area contributed by atoms with Crippen LogP contribution >= 0.6 is 0 Å². The summed E-state index contributed by atoms with van der Waals surface area (Å²) in [6, 6.07) is 5.78. The molecule has 3 heterocycles. The van der Waals surface area contributed by atoms with Gasteiger partial charge in [-0.15, -0.1) is 0 Å². The number of imidazole rings is 1. The van der Waals surface area contributed by atoms with E-state index in [4.69, 9.17) is 0 Å². The molecule has 0 bridgehead atoms. The van der Waals surface area contributed by atoms with Crippen LogP contribution in [0.2, 0.25) is 0 Å². The molecule has 1 aliphatic heterocycles. The van der Waals surface area contributed by atoms with Crippen LogP contribution in [-0.4, -0.2) is 41.8 Å². The molecule has 21 heavy (non-hydrogen) atoms. The summed E-state index contributed by atoms with van der Waals surface area (Å²) in [7, 11) is -3.01. The van der Waals surface area contributed by atoms with Crippen LogP contribution in [0.25, 0.3) is 5.65 Å². The van der Waals surface area contributed by atoms with Gasteiger partial charge in [-0.1, -0.05) is 6.07 Å². The number of hydrogen-bond acceptors (Lipinski definition) is 4. The van der Waals surface area contributed by atoms with Crippen molar-refractivity contribution in [2.45, 2.75) is 12.8 Å². The molecule has 0 radical (unpaired) electrons. The Kier molecular flexibility index (Phi) is 3.67. The summed E-state index contributed by atoms with van der Waals surface area (Å²) in [5.41, 5.74) is 1.78. The summed E-state index contributed by atoms with van der Waals surface area (Å²) < 4.78 is 24.6. The third-order valence-corrected chi connectivity index (χ3v) is 5.47. The number of aromatic nitrogens is 2. The van der Waals surface area contributed by atoms with Gasteiger partial charge in [0.05, 0.1) is 23.1 Å². The molecule has 1 saturated heterocycles. The van der Waals surface area contributed by atoms with E-state index in [0.717, 1.165) is 11.3 Å². The number of pyridine rings is 1. The number of carbonyl (C=O) groups is 1. The van der Waals surface area contributed by atoms with E-state index in [2.05, 4.69) is 10.3 Å². The van der Waals surface area contributed by atoms with Crippen LogP contribution in [0.3, 0.4) is 0 Å². The van der Waals surface area contributed by atoms with Gasteiger partial charge in [0.25, 0.3) is 0 Å². The molecule has 1 amide bonds. The van der Waals surface area contributed by atoms with Crippen molar-refractivity contribution in [1.29, 1.82) is 0 Å². The Balaban J connectivity index is 1.53. The number of amides is 1. The van der Waals surface area contributed by atoms with Gasteiger partial charge >= 0.3 is 0 Å². The number of sulfone groups is 1. The minimum absolute atomic E-state index is 0.0206. The van der Waals surface area contributed by atoms with Crippen molar-refractivity contribution >= 4 is 21.4 Å². The molecule has 0 saturated carbocycles. The lowest BCUT2D eigenvalue weighted by Gasteiger charge is -2.08. The van der Waals surface area contributed by atoms with E-state index in [-0.39, 0.29) is 17.4 Å². The van der Waals surface area contributed by atoms with E-state index >= 15 is 0 Å². The lowest BCUT2D eigenvalue weighted by atomic mass is 10.1. The SMILES string of the molecule is O=C(NCCc1cn2ccccc2n1)[C@@H]1CCS(=O)(=O)C1. The quantitative estimate of drug-likeness (QED) is 0.888. The smallest absolute Gasteiger partial charge is 0.224 e. The zero-order chi connectivity index (χ0) is 14.9. The van der Waals surface area contributed by atoms with Crippen LogP contribution < -0.4 is 5.32 Å². The van der Waals surface area contributed by atoms with Crippen molar-refractivity contribution in [2.24, 2.45) is 5.92 Å².